The average Bonchev–Trinajstić information content (AvgIpc) is 2.54. The van der Waals surface area contributed by atoms with E-state index in [0.29, 0.717) is 13.1 Å². The molecule has 2 aromatic rings. The van der Waals surface area contributed by atoms with Crippen LogP contribution in [-0.2, 0) is 10.5 Å². The second kappa shape index (κ2) is 6.58. The van der Waals surface area contributed by atoms with Gasteiger partial charge in [0.1, 0.15) is 10.8 Å². The second-order valence-electron chi connectivity index (χ2n) is 4.76. The van der Waals surface area contributed by atoms with Gasteiger partial charge in [0.25, 0.3) is 0 Å². The molecule has 0 bridgehead atoms. The van der Waals surface area contributed by atoms with E-state index in [1.54, 1.807) is 24.2 Å². The molecule has 0 saturated carbocycles. The van der Waals surface area contributed by atoms with Gasteiger partial charge in [-0.1, -0.05) is 30.3 Å². The SMILES string of the molecule is O=C1CN(c2cncc(SCc3ccccc3)n2)CCN1. The predicted octanol–water partition coefficient (Wildman–Crippen LogP) is 1.71. The molecule has 0 radical (unpaired) electrons. The number of nitrogens with zero attached hydrogens (tertiary/aromatic N) is 3. The Morgan fingerprint density at radius 2 is 2.10 bits per heavy atom. The quantitative estimate of drug-likeness (QED) is 0.871. The highest BCUT2D eigenvalue weighted by molar-refractivity contribution is 7.98. The molecule has 1 aromatic heterocycles. The lowest BCUT2D eigenvalue weighted by molar-refractivity contribution is -0.120. The summed E-state index contributed by atoms with van der Waals surface area (Å²) in [7, 11) is 0. The van der Waals surface area contributed by atoms with E-state index in [0.717, 1.165) is 23.1 Å². The number of rotatable bonds is 4. The van der Waals surface area contributed by atoms with Gasteiger partial charge in [0, 0.05) is 18.8 Å². The van der Waals surface area contributed by atoms with Gasteiger partial charge in [-0.25, -0.2) is 4.98 Å². The van der Waals surface area contributed by atoms with Crippen LogP contribution in [0.25, 0.3) is 0 Å². The highest BCUT2D eigenvalue weighted by atomic mass is 32.2. The molecule has 1 saturated heterocycles. The third kappa shape index (κ3) is 3.72. The summed E-state index contributed by atoms with van der Waals surface area (Å²) in [5, 5.41) is 3.69. The van der Waals surface area contributed by atoms with Crippen LogP contribution in [0.15, 0.2) is 47.8 Å². The Morgan fingerprint density at radius 1 is 1.24 bits per heavy atom. The maximum atomic E-state index is 11.4. The normalized spacial score (nSPS) is 14.9. The fraction of sp³-hybridized carbons (Fsp3) is 0.267. The number of hydrogen-bond donors (Lipinski definition) is 1. The van der Waals surface area contributed by atoms with Crippen molar-refractivity contribution in [1.29, 1.82) is 0 Å². The predicted molar refractivity (Wildman–Crippen MR) is 83.3 cm³/mol. The number of nitrogens with one attached hydrogen (secondary N) is 1. The standard InChI is InChI=1S/C15H16N4OS/c20-14-10-19(7-6-17-14)13-8-16-9-15(18-13)21-11-12-4-2-1-3-5-12/h1-5,8-9H,6-7,10-11H2,(H,17,20). The second-order valence-corrected chi connectivity index (χ2v) is 5.76. The van der Waals surface area contributed by atoms with E-state index in [1.165, 1.54) is 5.56 Å². The Kier molecular flexibility index (Phi) is 4.35. The van der Waals surface area contributed by atoms with Gasteiger partial charge in [-0.3, -0.25) is 9.78 Å². The molecule has 0 atom stereocenters. The molecule has 1 aromatic carbocycles. The summed E-state index contributed by atoms with van der Waals surface area (Å²) in [5.74, 6) is 1.66. The first-order chi connectivity index (χ1) is 10.3. The Balaban J connectivity index is 1.67. The molecule has 6 heteroatoms. The summed E-state index contributed by atoms with van der Waals surface area (Å²) >= 11 is 1.65. The van der Waals surface area contributed by atoms with Gasteiger partial charge in [-0.05, 0) is 5.56 Å². The molecule has 1 aliphatic rings. The van der Waals surface area contributed by atoms with Crippen molar-refractivity contribution in [3.05, 3.63) is 48.3 Å². The van der Waals surface area contributed by atoms with E-state index in [2.05, 4.69) is 27.4 Å². The van der Waals surface area contributed by atoms with Crippen molar-refractivity contribution in [2.45, 2.75) is 10.8 Å². The van der Waals surface area contributed by atoms with Crippen molar-refractivity contribution in [2.24, 2.45) is 0 Å². The first-order valence-corrected chi connectivity index (χ1v) is 7.80. The number of carbonyl (C=O) groups excluding carboxylic acids is 1. The molecule has 108 valence electrons. The summed E-state index contributed by atoms with van der Waals surface area (Å²) in [4.78, 5) is 22.2. The van der Waals surface area contributed by atoms with Gasteiger partial charge in [-0.15, -0.1) is 11.8 Å². The van der Waals surface area contributed by atoms with Crippen molar-refractivity contribution in [2.75, 3.05) is 24.5 Å². The number of thioether (sulfide) groups is 1. The van der Waals surface area contributed by atoms with Crippen molar-refractivity contribution in [3.63, 3.8) is 0 Å². The number of anilines is 1. The Morgan fingerprint density at radius 3 is 2.90 bits per heavy atom. The highest BCUT2D eigenvalue weighted by Crippen LogP contribution is 2.22. The Hall–Kier alpha value is -2.08. The minimum atomic E-state index is 0.0328. The minimum Gasteiger partial charge on any atom is -0.353 e. The molecule has 21 heavy (non-hydrogen) atoms. The fourth-order valence-corrected chi connectivity index (χ4v) is 2.93. The van der Waals surface area contributed by atoms with Crippen LogP contribution in [0, 0.1) is 0 Å². The van der Waals surface area contributed by atoms with Crippen LogP contribution in [0.2, 0.25) is 0 Å². The lowest BCUT2D eigenvalue weighted by Crippen LogP contribution is -2.48. The number of piperazine rings is 1. The number of hydrogen-bond acceptors (Lipinski definition) is 5. The van der Waals surface area contributed by atoms with E-state index >= 15 is 0 Å². The molecule has 0 unspecified atom stereocenters. The zero-order chi connectivity index (χ0) is 14.5. The Bertz CT molecular complexity index is 620. The van der Waals surface area contributed by atoms with Crippen molar-refractivity contribution in [3.8, 4) is 0 Å². The lowest BCUT2D eigenvalue weighted by Gasteiger charge is -2.27. The summed E-state index contributed by atoms with van der Waals surface area (Å²) in [6.45, 7) is 1.77. The van der Waals surface area contributed by atoms with Crippen LogP contribution in [-0.4, -0.2) is 35.5 Å². The van der Waals surface area contributed by atoms with Gasteiger partial charge in [-0.2, -0.15) is 0 Å². The summed E-state index contributed by atoms with van der Waals surface area (Å²) in [6.07, 6.45) is 3.48. The van der Waals surface area contributed by atoms with Crippen molar-refractivity contribution < 1.29 is 4.79 Å². The molecule has 0 aliphatic carbocycles. The number of aromatic nitrogens is 2. The van der Waals surface area contributed by atoms with E-state index < -0.39 is 0 Å². The smallest absolute Gasteiger partial charge is 0.239 e. The molecule has 1 fully saturated rings. The zero-order valence-electron chi connectivity index (χ0n) is 11.5. The van der Waals surface area contributed by atoms with Gasteiger partial charge in [0.05, 0.1) is 18.9 Å². The molecular weight excluding hydrogens is 284 g/mol. The van der Waals surface area contributed by atoms with Crippen LogP contribution in [0.3, 0.4) is 0 Å². The van der Waals surface area contributed by atoms with Gasteiger partial charge in [0.2, 0.25) is 5.91 Å². The third-order valence-corrected chi connectivity index (χ3v) is 4.16. The molecule has 1 amide bonds. The van der Waals surface area contributed by atoms with Crippen LogP contribution in [0.5, 0.6) is 0 Å². The summed E-state index contributed by atoms with van der Waals surface area (Å²) in [6, 6.07) is 10.3. The van der Waals surface area contributed by atoms with E-state index in [9.17, 15) is 4.79 Å². The molecule has 5 nitrogen and oxygen atoms in total. The fourth-order valence-electron chi connectivity index (χ4n) is 2.13. The van der Waals surface area contributed by atoms with E-state index in [4.69, 9.17) is 0 Å². The van der Waals surface area contributed by atoms with E-state index in [-0.39, 0.29) is 5.91 Å². The monoisotopic (exact) mass is 300 g/mol. The van der Waals surface area contributed by atoms with Crippen LogP contribution >= 0.6 is 11.8 Å². The van der Waals surface area contributed by atoms with Gasteiger partial charge in [0.15, 0.2) is 0 Å². The van der Waals surface area contributed by atoms with Crippen molar-refractivity contribution in [1.82, 2.24) is 15.3 Å². The maximum Gasteiger partial charge on any atom is 0.239 e. The maximum absolute atomic E-state index is 11.4. The zero-order valence-corrected chi connectivity index (χ0v) is 12.3. The number of carbonyl (C=O) groups is 1. The summed E-state index contributed by atoms with van der Waals surface area (Å²) in [5.41, 5.74) is 1.26. The van der Waals surface area contributed by atoms with Gasteiger partial charge >= 0.3 is 0 Å². The first-order valence-electron chi connectivity index (χ1n) is 6.82. The average molecular weight is 300 g/mol. The first kappa shape index (κ1) is 13.9. The molecule has 2 heterocycles. The number of benzene rings is 1. The van der Waals surface area contributed by atoms with Crippen LogP contribution < -0.4 is 10.2 Å². The third-order valence-electron chi connectivity index (χ3n) is 3.19. The molecule has 3 rings (SSSR count). The molecule has 1 aliphatic heterocycles. The van der Waals surface area contributed by atoms with Crippen molar-refractivity contribution >= 4 is 23.5 Å². The lowest BCUT2D eigenvalue weighted by atomic mass is 10.2. The highest BCUT2D eigenvalue weighted by Gasteiger charge is 2.17. The molecule has 1 N–H and O–H groups in total. The minimum absolute atomic E-state index is 0.0328. The van der Waals surface area contributed by atoms with Gasteiger partial charge < -0.3 is 10.2 Å². The Labute approximate surface area is 127 Å². The molecular formula is C15H16N4OS. The summed E-state index contributed by atoms with van der Waals surface area (Å²) < 4.78 is 0. The topological polar surface area (TPSA) is 58.1 Å². The van der Waals surface area contributed by atoms with E-state index in [1.807, 2.05) is 23.1 Å². The molecule has 0 spiro atoms. The largest absolute Gasteiger partial charge is 0.353 e. The van der Waals surface area contributed by atoms with Crippen LogP contribution in [0.1, 0.15) is 5.56 Å². The van der Waals surface area contributed by atoms with Crippen LogP contribution in [0.4, 0.5) is 5.82 Å². The number of amides is 1.